The highest BCUT2D eigenvalue weighted by Crippen LogP contribution is 2.47. The molecule has 2 aliphatic rings. The Kier molecular flexibility index (Phi) is 5.21. The molecule has 2 rings (SSSR count). The number of aliphatic hydroxyl groups excluding tert-OH is 2. The van der Waals surface area contributed by atoms with Crippen molar-refractivity contribution < 1.29 is 25.0 Å². The van der Waals surface area contributed by atoms with Crippen molar-refractivity contribution in [3.63, 3.8) is 0 Å². The first-order chi connectivity index (χ1) is 9.99. The molecule has 0 aromatic rings. The number of fused-ring (bicyclic) bond motifs is 1. The van der Waals surface area contributed by atoms with E-state index in [2.05, 4.69) is 17.0 Å². The van der Waals surface area contributed by atoms with Gasteiger partial charge >= 0.3 is 5.97 Å². The summed E-state index contributed by atoms with van der Waals surface area (Å²) in [5.74, 6) is 5.05. The molecule has 0 aromatic heterocycles. The molecule has 0 aromatic carbocycles. The minimum Gasteiger partial charge on any atom is -0.481 e. The summed E-state index contributed by atoms with van der Waals surface area (Å²) in [6.45, 7) is 1.89. The third-order valence-electron chi connectivity index (χ3n) is 4.03. The summed E-state index contributed by atoms with van der Waals surface area (Å²) in [5, 5.41) is 31.8. The highest BCUT2D eigenvalue weighted by Gasteiger charge is 2.51. The highest BCUT2D eigenvalue weighted by molar-refractivity contribution is 5.93. The van der Waals surface area contributed by atoms with Crippen LogP contribution >= 0.6 is 0 Å². The van der Waals surface area contributed by atoms with Crippen LogP contribution in [0.1, 0.15) is 32.6 Å². The van der Waals surface area contributed by atoms with Gasteiger partial charge in [-0.1, -0.05) is 17.0 Å². The molecular formula is C15H21NO5. The van der Waals surface area contributed by atoms with Crippen molar-refractivity contribution in [2.45, 2.75) is 44.8 Å². The average molecular weight is 295 g/mol. The van der Waals surface area contributed by atoms with E-state index in [1.807, 2.05) is 0 Å². The summed E-state index contributed by atoms with van der Waals surface area (Å²) in [6.07, 6.45) is 0.812. The Morgan fingerprint density at radius 1 is 1.57 bits per heavy atom. The summed E-state index contributed by atoms with van der Waals surface area (Å²) in [5.41, 5.74) is 0.927. The van der Waals surface area contributed by atoms with E-state index >= 15 is 0 Å². The van der Waals surface area contributed by atoms with Gasteiger partial charge in [-0.05, 0) is 32.1 Å². The number of oxime groups is 1. The fraction of sp³-hybridized carbons (Fsp3) is 0.733. The van der Waals surface area contributed by atoms with Crippen LogP contribution in [0.5, 0.6) is 0 Å². The lowest BCUT2D eigenvalue weighted by Crippen LogP contribution is -2.38. The molecular weight excluding hydrogens is 274 g/mol. The maximum atomic E-state index is 10.3. The standard InChI is InChI=1S/C15H21NO5/c1-9(17)4-5-10-7-11-12(15(10)20)8-13(11)16-21-6-2-3-14(18)19/h9-12,15,17,20H,2-3,6-8H2,1H3,(H,18,19). The van der Waals surface area contributed by atoms with Gasteiger partial charge in [0.05, 0.1) is 11.8 Å². The van der Waals surface area contributed by atoms with Crippen LogP contribution in [0.2, 0.25) is 0 Å². The number of aliphatic hydroxyl groups is 2. The lowest BCUT2D eigenvalue weighted by Gasteiger charge is -2.33. The van der Waals surface area contributed by atoms with Crippen LogP contribution in [0, 0.1) is 29.6 Å². The van der Waals surface area contributed by atoms with Crippen molar-refractivity contribution in [3.8, 4) is 11.8 Å². The van der Waals surface area contributed by atoms with Crippen molar-refractivity contribution in [1.82, 2.24) is 0 Å². The monoisotopic (exact) mass is 295 g/mol. The summed E-state index contributed by atoms with van der Waals surface area (Å²) >= 11 is 0. The summed E-state index contributed by atoms with van der Waals surface area (Å²) in [7, 11) is 0. The van der Waals surface area contributed by atoms with E-state index in [4.69, 9.17) is 15.1 Å². The molecule has 5 unspecified atom stereocenters. The van der Waals surface area contributed by atoms with Crippen LogP contribution in [0.4, 0.5) is 0 Å². The zero-order chi connectivity index (χ0) is 15.4. The number of carboxylic acid groups (broad SMARTS) is 1. The van der Waals surface area contributed by atoms with Crippen molar-refractivity contribution in [3.05, 3.63) is 0 Å². The zero-order valence-corrected chi connectivity index (χ0v) is 12.0. The molecule has 5 atom stereocenters. The molecule has 0 spiro atoms. The van der Waals surface area contributed by atoms with E-state index in [0.717, 1.165) is 12.1 Å². The zero-order valence-electron chi connectivity index (χ0n) is 12.0. The Balaban J connectivity index is 1.79. The molecule has 0 heterocycles. The van der Waals surface area contributed by atoms with Gasteiger partial charge < -0.3 is 20.2 Å². The second kappa shape index (κ2) is 6.92. The topological polar surface area (TPSA) is 99.4 Å². The largest absolute Gasteiger partial charge is 0.481 e. The molecule has 0 amide bonds. The Bertz CT molecular complexity index is 476. The summed E-state index contributed by atoms with van der Waals surface area (Å²) < 4.78 is 0. The predicted octanol–water partition coefficient (Wildman–Crippen LogP) is 0.625. The van der Waals surface area contributed by atoms with Crippen LogP contribution in [-0.2, 0) is 9.63 Å². The second-order valence-electron chi connectivity index (χ2n) is 5.69. The molecule has 0 saturated heterocycles. The molecule has 2 fully saturated rings. The number of hydrogen-bond donors (Lipinski definition) is 3. The molecule has 0 aliphatic heterocycles. The Morgan fingerprint density at radius 2 is 2.33 bits per heavy atom. The molecule has 0 radical (unpaired) electrons. The van der Waals surface area contributed by atoms with Crippen LogP contribution in [-0.4, -0.2) is 45.8 Å². The fourth-order valence-electron chi connectivity index (χ4n) is 2.90. The first-order valence-electron chi connectivity index (χ1n) is 7.26. The number of rotatable bonds is 5. The van der Waals surface area contributed by atoms with E-state index in [0.29, 0.717) is 19.4 Å². The maximum Gasteiger partial charge on any atom is 0.303 e. The molecule has 6 heteroatoms. The van der Waals surface area contributed by atoms with E-state index in [1.54, 1.807) is 6.92 Å². The lowest BCUT2D eigenvalue weighted by molar-refractivity contribution is -0.137. The molecule has 116 valence electrons. The number of nitrogens with zero attached hydrogens (tertiary/aromatic N) is 1. The van der Waals surface area contributed by atoms with Gasteiger partial charge in [-0.3, -0.25) is 4.79 Å². The summed E-state index contributed by atoms with van der Waals surface area (Å²) in [6, 6.07) is 0. The average Bonchev–Trinajstić information content (AvgIpc) is 2.63. The van der Waals surface area contributed by atoms with Crippen molar-refractivity contribution in [1.29, 1.82) is 0 Å². The van der Waals surface area contributed by atoms with Gasteiger partial charge in [-0.25, -0.2) is 0 Å². The minimum atomic E-state index is -0.839. The molecule has 0 bridgehead atoms. The third-order valence-corrected chi connectivity index (χ3v) is 4.03. The van der Waals surface area contributed by atoms with Crippen molar-refractivity contribution in [2.24, 2.45) is 22.9 Å². The van der Waals surface area contributed by atoms with Gasteiger partial charge in [0, 0.05) is 18.3 Å². The third kappa shape index (κ3) is 3.96. The van der Waals surface area contributed by atoms with Gasteiger partial charge in [0.2, 0.25) is 0 Å². The Labute approximate surface area is 123 Å². The minimum absolute atomic E-state index is 0.0760. The SMILES string of the molecule is CC(O)C#CC1CC2C(=NOCCCC(=O)O)CC2C1O. The van der Waals surface area contributed by atoms with Crippen molar-refractivity contribution >= 4 is 11.7 Å². The van der Waals surface area contributed by atoms with E-state index in [9.17, 15) is 9.90 Å². The molecule has 3 N–H and O–H groups in total. The summed E-state index contributed by atoms with van der Waals surface area (Å²) in [4.78, 5) is 15.5. The molecule has 2 saturated carbocycles. The number of aliphatic carboxylic acids is 1. The van der Waals surface area contributed by atoms with Gasteiger partial charge in [-0.15, -0.1) is 0 Å². The molecule has 21 heavy (non-hydrogen) atoms. The normalized spacial score (nSPS) is 33.6. The predicted molar refractivity (Wildman–Crippen MR) is 75.4 cm³/mol. The number of hydrogen-bond acceptors (Lipinski definition) is 5. The lowest BCUT2D eigenvalue weighted by atomic mass is 9.73. The van der Waals surface area contributed by atoms with Crippen LogP contribution in [0.3, 0.4) is 0 Å². The van der Waals surface area contributed by atoms with E-state index in [1.165, 1.54) is 0 Å². The number of carboxylic acids is 1. The quantitative estimate of drug-likeness (QED) is 0.392. The smallest absolute Gasteiger partial charge is 0.303 e. The maximum absolute atomic E-state index is 10.3. The first kappa shape index (κ1) is 15.8. The van der Waals surface area contributed by atoms with E-state index < -0.39 is 18.2 Å². The highest BCUT2D eigenvalue weighted by atomic mass is 16.6. The van der Waals surface area contributed by atoms with E-state index in [-0.39, 0.29) is 24.2 Å². The Hall–Kier alpha value is -1.58. The second-order valence-corrected chi connectivity index (χ2v) is 5.69. The fourth-order valence-corrected chi connectivity index (χ4v) is 2.90. The van der Waals surface area contributed by atoms with Crippen LogP contribution < -0.4 is 0 Å². The number of carbonyl (C=O) groups is 1. The molecule has 6 nitrogen and oxygen atoms in total. The molecule has 2 aliphatic carbocycles. The van der Waals surface area contributed by atoms with Gasteiger partial charge in [0.1, 0.15) is 12.7 Å². The van der Waals surface area contributed by atoms with Crippen LogP contribution in [0.25, 0.3) is 0 Å². The Morgan fingerprint density at radius 3 is 3.00 bits per heavy atom. The van der Waals surface area contributed by atoms with Crippen LogP contribution in [0.15, 0.2) is 5.16 Å². The van der Waals surface area contributed by atoms with Gasteiger partial charge in [0.15, 0.2) is 0 Å². The van der Waals surface area contributed by atoms with Gasteiger partial charge in [-0.2, -0.15) is 0 Å². The first-order valence-corrected chi connectivity index (χ1v) is 7.26. The van der Waals surface area contributed by atoms with Gasteiger partial charge in [0.25, 0.3) is 0 Å². The van der Waals surface area contributed by atoms with Crippen molar-refractivity contribution in [2.75, 3.05) is 6.61 Å².